The minimum absolute atomic E-state index is 0.206. The van der Waals surface area contributed by atoms with Crippen molar-refractivity contribution in [3.8, 4) is 0 Å². The van der Waals surface area contributed by atoms with E-state index in [1.807, 2.05) is 0 Å². The van der Waals surface area contributed by atoms with E-state index in [4.69, 9.17) is 5.73 Å². The summed E-state index contributed by atoms with van der Waals surface area (Å²) in [6, 6.07) is 3.71. The van der Waals surface area contributed by atoms with Gasteiger partial charge in [0.05, 0.1) is 11.0 Å². The Morgan fingerprint density at radius 1 is 1.42 bits per heavy atom. The van der Waals surface area contributed by atoms with Gasteiger partial charge in [-0.25, -0.2) is 4.39 Å². The van der Waals surface area contributed by atoms with Crippen molar-refractivity contribution in [3.05, 3.63) is 39.7 Å². The average molecular weight is 266 g/mol. The summed E-state index contributed by atoms with van der Waals surface area (Å²) in [5.41, 5.74) is 6.39. The number of nitro benzene ring substituents is 1. The number of hydrogen-bond donors (Lipinski definition) is 1. The molecule has 0 radical (unpaired) electrons. The molecule has 0 bridgehead atoms. The van der Waals surface area contributed by atoms with E-state index < -0.39 is 10.7 Å². The van der Waals surface area contributed by atoms with Crippen LogP contribution in [0.3, 0.4) is 0 Å². The molecule has 0 atom stereocenters. The quantitative estimate of drug-likeness (QED) is 0.674. The van der Waals surface area contributed by atoms with Gasteiger partial charge < -0.3 is 5.73 Å². The molecule has 19 heavy (non-hydrogen) atoms. The van der Waals surface area contributed by atoms with Gasteiger partial charge in [-0.3, -0.25) is 10.1 Å². The first-order chi connectivity index (χ1) is 8.88. The predicted octanol–water partition coefficient (Wildman–Crippen LogP) is 3.18. The highest BCUT2D eigenvalue weighted by Gasteiger charge is 2.30. The Bertz CT molecular complexity index is 482. The van der Waals surface area contributed by atoms with Crippen molar-refractivity contribution in [1.29, 1.82) is 0 Å². The maximum atomic E-state index is 13.4. The Kier molecular flexibility index (Phi) is 3.85. The minimum atomic E-state index is -0.572. The highest BCUT2D eigenvalue weighted by atomic mass is 19.1. The van der Waals surface area contributed by atoms with Crippen LogP contribution in [-0.4, -0.2) is 10.5 Å². The number of hydrogen-bond acceptors (Lipinski definition) is 3. The van der Waals surface area contributed by atoms with Gasteiger partial charge in [-0.05, 0) is 49.7 Å². The van der Waals surface area contributed by atoms with Gasteiger partial charge >= 0.3 is 0 Å². The lowest BCUT2D eigenvalue weighted by Crippen LogP contribution is -2.45. The topological polar surface area (TPSA) is 69.2 Å². The van der Waals surface area contributed by atoms with Crippen LogP contribution in [0.25, 0.3) is 0 Å². The zero-order chi connectivity index (χ0) is 14.0. The molecule has 1 aromatic carbocycles. The molecule has 2 rings (SSSR count). The van der Waals surface area contributed by atoms with Crippen molar-refractivity contribution in [2.75, 3.05) is 0 Å². The van der Waals surface area contributed by atoms with Gasteiger partial charge in [-0.1, -0.05) is 6.92 Å². The van der Waals surface area contributed by atoms with Gasteiger partial charge in [0, 0.05) is 11.6 Å². The van der Waals surface area contributed by atoms with E-state index in [9.17, 15) is 14.5 Å². The number of non-ortho nitro benzene ring substituents is 1. The Labute approximate surface area is 112 Å². The summed E-state index contributed by atoms with van der Waals surface area (Å²) in [6.45, 7) is 2.20. The first-order valence-electron chi connectivity index (χ1n) is 6.61. The number of nitrogens with two attached hydrogens (primary N) is 1. The van der Waals surface area contributed by atoms with E-state index in [1.165, 1.54) is 12.1 Å². The molecule has 4 nitrogen and oxygen atoms in total. The summed E-state index contributed by atoms with van der Waals surface area (Å²) in [7, 11) is 0. The second-order valence-corrected chi connectivity index (χ2v) is 5.80. The summed E-state index contributed by atoms with van der Waals surface area (Å²) in [4.78, 5) is 10.2. The molecule has 1 aromatic rings. The molecule has 0 aliphatic heterocycles. The summed E-state index contributed by atoms with van der Waals surface area (Å²) in [5, 5.41) is 10.7. The van der Waals surface area contributed by atoms with Crippen molar-refractivity contribution in [2.24, 2.45) is 11.7 Å². The van der Waals surface area contributed by atoms with Crippen LogP contribution >= 0.6 is 0 Å². The first kappa shape index (κ1) is 13.9. The molecule has 1 aliphatic carbocycles. The largest absolute Gasteiger partial charge is 0.325 e. The highest BCUT2D eigenvalue weighted by Crippen LogP contribution is 2.33. The summed E-state index contributed by atoms with van der Waals surface area (Å²) >= 11 is 0. The fourth-order valence-electron chi connectivity index (χ4n) is 2.76. The molecule has 2 N–H and O–H groups in total. The van der Waals surface area contributed by atoms with Gasteiger partial charge in [0.15, 0.2) is 0 Å². The monoisotopic (exact) mass is 266 g/mol. The third-order valence-corrected chi connectivity index (χ3v) is 3.98. The predicted molar refractivity (Wildman–Crippen MR) is 71.3 cm³/mol. The third-order valence-electron chi connectivity index (χ3n) is 3.98. The Hall–Kier alpha value is -1.49. The maximum absolute atomic E-state index is 13.4. The number of nitro groups is 1. The molecule has 1 fully saturated rings. The van der Waals surface area contributed by atoms with Crippen LogP contribution in [0, 0.1) is 21.8 Å². The van der Waals surface area contributed by atoms with Gasteiger partial charge in [0.1, 0.15) is 5.82 Å². The maximum Gasteiger partial charge on any atom is 0.272 e. The van der Waals surface area contributed by atoms with E-state index in [1.54, 1.807) is 0 Å². The molecule has 1 saturated carbocycles. The van der Waals surface area contributed by atoms with E-state index >= 15 is 0 Å². The molecule has 0 heterocycles. The van der Waals surface area contributed by atoms with E-state index in [0.29, 0.717) is 17.9 Å². The Morgan fingerprint density at radius 3 is 2.63 bits per heavy atom. The van der Waals surface area contributed by atoms with E-state index in [0.717, 1.165) is 31.7 Å². The molecule has 0 unspecified atom stereocenters. The van der Waals surface area contributed by atoms with Crippen LogP contribution in [-0.2, 0) is 6.42 Å². The lowest BCUT2D eigenvalue weighted by Gasteiger charge is -2.36. The fourth-order valence-corrected chi connectivity index (χ4v) is 2.76. The molecule has 5 heteroatoms. The van der Waals surface area contributed by atoms with Crippen molar-refractivity contribution in [1.82, 2.24) is 0 Å². The zero-order valence-electron chi connectivity index (χ0n) is 11.1. The molecular formula is C14H19FN2O2. The highest BCUT2D eigenvalue weighted by molar-refractivity contribution is 5.36. The molecule has 0 saturated heterocycles. The molecule has 0 amide bonds. The summed E-state index contributed by atoms with van der Waals surface area (Å²) in [6.07, 6.45) is 4.40. The summed E-state index contributed by atoms with van der Waals surface area (Å²) < 4.78 is 13.4. The first-order valence-corrected chi connectivity index (χ1v) is 6.61. The number of rotatable bonds is 3. The van der Waals surface area contributed by atoms with E-state index in [2.05, 4.69) is 6.92 Å². The Balaban J connectivity index is 2.16. The second kappa shape index (κ2) is 5.25. The van der Waals surface area contributed by atoms with E-state index in [-0.39, 0.29) is 11.2 Å². The molecule has 0 aromatic heterocycles. The van der Waals surface area contributed by atoms with Crippen LogP contribution in [0.15, 0.2) is 18.2 Å². The SMILES string of the molecule is CC1CCC(N)(Cc2cc(F)cc([N+](=O)[O-])c2)CC1. The molecule has 1 aliphatic rings. The summed E-state index contributed by atoms with van der Waals surface area (Å²) in [5.74, 6) is 0.107. The van der Waals surface area contributed by atoms with Crippen molar-refractivity contribution in [2.45, 2.75) is 44.6 Å². The van der Waals surface area contributed by atoms with Gasteiger partial charge in [-0.15, -0.1) is 0 Å². The molecule has 104 valence electrons. The Morgan fingerprint density at radius 2 is 2.05 bits per heavy atom. The third kappa shape index (κ3) is 3.50. The van der Waals surface area contributed by atoms with Crippen LogP contribution in [0.4, 0.5) is 10.1 Å². The normalized spacial score (nSPS) is 27.2. The van der Waals surface area contributed by atoms with Crippen LogP contribution < -0.4 is 5.73 Å². The van der Waals surface area contributed by atoms with Crippen LogP contribution in [0.5, 0.6) is 0 Å². The lowest BCUT2D eigenvalue weighted by atomic mass is 9.74. The molecular weight excluding hydrogens is 247 g/mol. The number of nitrogens with zero attached hydrogens (tertiary/aromatic N) is 1. The van der Waals surface area contributed by atoms with Crippen molar-refractivity contribution < 1.29 is 9.31 Å². The smallest absolute Gasteiger partial charge is 0.272 e. The van der Waals surface area contributed by atoms with Crippen molar-refractivity contribution in [3.63, 3.8) is 0 Å². The standard InChI is InChI=1S/C14H19FN2O2/c1-10-2-4-14(16,5-3-10)9-11-6-12(15)8-13(7-11)17(18)19/h6-8,10H,2-5,9,16H2,1H3. The molecule has 0 spiro atoms. The van der Waals surface area contributed by atoms with Gasteiger partial charge in [0.25, 0.3) is 5.69 Å². The average Bonchev–Trinajstić information content (AvgIpc) is 2.32. The number of halogens is 1. The van der Waals surface area contributed by atoms with Gasteiger partial charge in [-0.2, -0.15) is 0 Å². The van der Waals surface area contributed by atoms with Crippen LogP contribution in [0.2, 0.25) is 0 Å². The fraction of sp³-hybridized carbons (Fsp3) is 0.571. The second-order valence-electron chi connectivity index (χ2n) is 5.80. The minimum Gasteiger partial charge on any atom is -0.325 e. The van der Waals surface area contributed by atoms with Crippen molar-refractivity contribution >= 4 is 5.69 Å². The zero-order valence-corrected chi connectivity index (χ0v) is 11.1. The van der Waals surface area contributed by atoms with Crippen LogP contribution in [0.1, 0.15) is 38.2 Å². The number of benzene rings is 1. The lowest BCUT2D eigenvalue weighted by molar-refractivity contribution is -0.385. The van der Waals surface area contributed by atoms with Gasteiger partial charge in [0.2, 0.25) is 0 Å².